The molecule has 0 saturated heterocycles. The van der Waals surface area contributed by atoms with Gasteiger partial charge >= 0.3 is 0 Å². The van der Waals surface area contributed by atoms with E-state index in [1.807, 2.05) is 6.07 Å². The zero-order valence-corrected chi connectivity index (χ0v) is 12.2. The van der Waals surface area contributed by atoms with Gasteiger partial charge in [0.25, 0.3) is 0 Å². The average molecular weight is 262 g/mol. The van der Waals surface area contributed by atoms with Crippen LogP contribution >= 0.6 is 0 Å². The van der Waals surface area contributed by atoms with Gasteiger partial charge in [-0.3, -0.25) is 0 Å². The summed E-state index contributed by atoms with van der Waals surface area (Å²) in [7, 11) is 0. The summed E-state index contributed by atoms with van der Waals surface area (Å²) in [4.78, 5) is 2.37. The number of nitrogens with zero attached hydrogens (tertiary/aromatic N) is 1. The minimum atomic E-state index is 0.757. The van der Waals surface area contributed by atoms with Crippen LogP contribution in [0.2, 0.25) is 0 Å². The first-order valence-corrected chi connectivity index (χ1v) is 7.49. The Morgan fingerprint density at radius 2 is 2.05 bits per heavy atom. The second-order valence-corrected chi connectivity index (χ2v) is 5.18. The van der Waals surface area contributed by atoms with Crippen LogP contribution in [0.15, 0.2) is 24.3 Å². The highest BCUT2D eigenvalue weighted by atomic mass is 16.5. The molecule has 0 spiro atoms. The van der Waals surface area contributed by atoms with Crippen LogP contribution < -0.4 is 10.1 Å². The van der Waals surface area contributed by atoms with Crippen molar-refractivity contribution in [3.05, 3.63) is 29.8 Å². The van der Waals surface area contributed by atoms with Crippen molar-refractivity contribution in [3.8, 4) is 5.75 Å². The molecule has 1 aromatic rings. The van der Waals surface area contributed by atoms with Gasteiger partial charge in [0, 0.05) is 19.1 Å². The van der Waals surface area contributed by atoms with Gasteiger partial charge in [-0.05, 0) is 43.6 Å². The summed E-state index contributed by atoms with van der Waals surface area (Å²) in [5.74, 6) is 0.988. The van der Waals surface area contributed by atoms with E-state index in [1.165, 1.54) is 18.4 Å². The molecule has 3 nitrogen and oxygen atoms in total. The molecular formula is C16H26N2O. The highest BCUT2D eigenvalue weighted by Crippen LogP contribution is 2.20. The van der Waals surface area contributed by atoms with Crippen LogP contribution in [0.5, 0.6) is 5.75 Å². The van der Waals surface area contributed by atoms with E-state index >= 15 is 0 Å². The van der Waals surface area contributed by atoms with Crippen LogP contribution in [0.3, 0.4) is 0 Å². The number of hydrogen-bond acceptors (Lipinski definition) is 3. The molecule has 0 bridgehead atoms. The molecule has 106 valence electrons. The molecule has 0 heterocycles. The Hall–Kier alpha value is -1.06. The first kappa shape index (κ1) is 14.4. The fourth-order valence-electron chi connectivity index (χ4n) is 2.13. The number of benzene rings is 1. The highest BCUT2D eigenvalue weighted by Gasteiger charge is 2.19. The van der Waals surface area contributed by atoms with E-state index in [9.17, 15) is 0 Å². The third-order valence-corrected chi connectivity index (χ3v) is 3.64. The van der Waals surface area contributed by atoms with Gasteiger partial charge in [0.05, 0.1) is 0 Å². The molecule has 19 heavy (non-hydrogen) atoms. The molecule has 3 heteroatoms. The Morgan fingerprint density at radius 3 is 2.74 bits per heavy atom. The Kier molecular flexibility index (Phi) is 5.67. The normalized spacial score (nSPS) is 14.9. The van der Waals surface area contributed by atoms with E-state index in [-0.39, 0.29) is 0 Å². The summed E-state index contributed by atoms with van der Waals surface area (Å²) >= 11 is 0. The Bertz CT molecular complexity index is 373. The zero-order valence-electron chi connectivity index (χ0n) is 12.2. The second kappa shape index (κ2) is 7.51. The van der Waals surface area contributed by atoms with Gasteiger partial charge in [0.15, 0.2) is 0 Å². The molecule has 1 aliphatic rings. The molecular weight excluding hydrogens is 236 g/mol. The lowest BCUT2D eigenvalue weighted by Crippen LogP contribution is -2.27. The van der Waals surface area contributed by atoms with Crippen molar-refractivity contribution in [2.75, 3.05) is 26.2 Å². The molecule has 1 saturated carbocycles. The number of nitrogens with one attached hydrogen (secondary N) is 1. The van der Waals surface area contributed by atoms with E-state index in [4.69, 9.17) is 4.74 Å². The van der Waals surface area contributed by atoms with E-state index < -0.39 is 0 Å². The van der Waals surface area contributed by atoms with Gasteiger partial charge in [-0.15, -0.1) is 0 Å². The van der Waals surface area contributed by atoms with Gasteiger partial charge in [-0.2, -0.15) is 0 Å². The number of rotatable bonds is 9. The van der Waals surface area contributed by atoms with Crippen molar-refractivity contribution in [2.45, 2.75) is 39.3 Å². The third kappa shape index (κ3) is 5.21. The maximum absolute atomic E-state index is 5.83. The molecule has 0 aromatic heterocycles. The maximum atomic E-state index is 5.83. The van der Waals surface area contributed by atoms with Gasteiger partial charge < -0.3 is 15.0 Å². The van der Waals surface area contributed by atoms with Crippen molar-refractivity contribution >= 4 is 0 Å². The predicted molar refractivity (Wildman–Crippen MR) is 79.6 cm³/mol. The fraction of sp³-hybridized carbons (Fsp3) is 0.625. The molecule has 1 aromatic carbocycles. The SMILES string of the molecule is CCN(CC)CCOc1cccc(CNC2CC2)c1. The lowest BCUT2D eigenvalue weighted by atomic mass is 10.2. The fourth-order valence-corrected chi connectivity index (χ4v) is 2.13. The Morgan fingerprint density at radius 1 is 1.26 bits per heavy atom. The number of likely N-dealkylation sites (N-methyl/N-ethyl adjacent to an activating group) is 1. The summed E-state index contributed by atoms with van der Waals surface area (Å²) < 4.78 is 5.83. The zero-order chi connectivity index (χ0) is 13.5. The van der Waals surface area contributed by atoms with Crippen molar-refractivity contribution in [1.82, 2.24) is 10.2 Å². The van der Waals surface area contributed by atoms with Crippen LogP contribution in [0.25, 0.3) is 0 Å². The minimum Gasteiger partial charge on any atom is -0.492 e. The first-order chi connectivity index (χ1) is 9.31. The molecule has 0 radical (unpaired) electrons. The second-order valence-electron chi connectivity index (χ2n) is 5.18. The average Bonchev–Trinajstić information content (AvgIpc) is 3.26. The topological polar surface area (TPSA) is 24.5 Å². The molecule has 0 atom stereocenters. The van der Waals surface area contributed by atoms with Crippen molar-refractivity contribution in [1.29, 1.82) is 0 Å². The summed E-state index contributed by atoms with van der Waals surface area (Å²) in [5, 5.41) is 3.53. The molecule has 1 fully saturated rings. The number of hydrogen-bond donors (Lipinski definition) is 1. The smallest absolute Gasteiger partial charge is 0.119 e. The predicted octanol–water partition coefficient (Wildman–Crippen LogP) is 2.66. The Balaban J connectivity index is 1.74. The van der Waals surface area contributed by atoms with E-state index in [2.05, 4.69) is 42.3 Å². The third-order valence-electron chi connectivity index (χ3n) is 3.64. The lowest BCUT2D eigenvalue weighted by molar-refractivity contribution is 0.222. The highest BCUT2D eigenvalue weighted by molar-refractivity contribution is 5.28. The van der Waals surface area contributed by atoms with Gasteiger partial charge in [-0.1, -0.05) is 26.0 Å². The van der Waals surface area contributed by atoms with Crippen molar-refractivity contribution in [2.24, 2.45) is 0 Å². The van der Waals surface area contributed by atoms with Crippen molar-refractivity contribution < 1.29 is 4.74 Å². The van der Waals surface area contributed by atoms with Gasteiger partial charge in [0.2, 0.25) is 0 Å². The standard InChI is InChI=1S/C16H26N2O/c1-3-18(4-2)10-11-19-16-7-5-6-14(12-16)13-17-15-8-9-15/h5-7,12,15,17H,3-4,8-11,13H2,1-2H3. The van der Waals surface area contributed by atoms with Gasteiger partial charge in [-0.25, -0.2) is 0 Å². The van der Waals surface area contributed by atoms with Crippen LogP contribution in [0.4, 0.5) is 0 Å². The largest absolute Gasteiger partial charge is 0.492 e. The lowest BCUT2D eigenvalue weighted by Gasteiger charge is -2.18. The molecule has 0 aliphatic heterocycles. The monoisotopic (exact) mass is 262 g/mol. The number of ether oxygens (including phenoxy) is 1. The van der Waals surface area contributed by atoms with Crippen molar-refractivity contribution in [3.63, 3.8) is 0 Å². The summed E-state index contributed by atoms with van der Waals surface area (Å²) in [6.07, 6.45) is 2.67. The summed E-state index contributed by atoms with van der Waals surface area (Å²) in [6, 6.07) is 9.19. The first-order valence-electron chi connectivity index (χ1n) is 7.49. The van der Waals surface area contributed by atoms with E-state index in [0.29, 0.717) is 0 Å². The maximum Gasteiger partial charge on any atom is 0.119 e. The van der Waals surface area contributed by atoms with Crippen LogP contribution in [-0.2, 0) is 6.54 Å². The molecule has 2 rings (SSSR count). The van der Waals surface area contributed by atoms with Crippen LogP contribution in [0, 0.1) is 0 Å². The molecule has 1 N–H and O–H groups in total. The minimum absolute atomic E-state index is 0.757. The molecule has 0 amide bonds. The quantitative estimate of drug-likeness (QED) is 0.740. The van der Waals surface area contributed by atoms with E-state index in [0.717, 1.165) is 44.6 Å². The van der Waals surface area contributed by atoms with E-state index in [1.54, 1.807) is 0 Å². The van der Waals surface area contributed by atoms with Gasteiger partial charge in [0.1, 0.15) is 12.4 Å². The van der Waals surface area contributed by atoms with Crippen LogP contribution in [0.1, 0.15) is 32.3 Å². The Labute approximate surface area is 116 Å². The summed E-state index contributed by atoms with van der Waals surface area (Å²) in [6.45, 7) is 9.27. The molecule has 0 unspecified atom stereocenters. The summed E-state index contributed by atoms with van der Waals surface area (Å²) in [5.41, 5.74) is 1.31. The van der Waals surface area contributed by atoms with Crippen LogP contribution in [-0.4, -0.2) is 37.2 Å². The molecule has 1 aliphatic carbocycles.